The maximum absolute atomic E-state index is 13.5. The summed E-state index contributed by atoms with van der Waals surface area (Å²) < 4.78 is 26.5. The highest BCUT2D eigenvalue weighted by atomic mass is 19.1. The zero-order chi connectivity index (χ0) is 18.5. The van der Waals surface area contributed by atoms with Crippen molar-refractivity contribution in [2.45, 2.75) is 26.9 Å². The minimum absolute atomic E-state index is 0.111. The molecule has 1 aromatic rings. The third-order valence-corrected chi connectivity index (χ3v) is 3.61. The quantitative estimate of drug-likeness (QED) is 0.594. The van der Waals surface area contributed by atoms with Crippen LogP contribution in [0.15, 0.2) is 18.2 Å². The summed E-state index contributed by atoms with van der Waals surface area (Å²) in [6.07, 6.45) is -1.45. The Labute approximate surface area is 138 Å². The second kappa shape index (κ2) is 8.16. The Bertz CT molecular complexity index is 608. The molecular formula is C16H22F2N2O4. The summed E-state index contributed by atoms with van der Waals surface area (Å²) >= 11 is 0. The number of hydrogen-bond donors (Lipinski definition) is 4. The van der Waals surface area contributed by atoms with Gasteiger partial charge in [-0.25, -0.2) is 8.78 Å². The first-order valence-corrected chi connectivity index (χ1v) is 7.41. The number of halogens is 2. The molecule has 2 atom stereocenters. The van der Waals surface area contributed by atoms with Gasteiger partial charge in [0.15, 0.2) is 0 Å². The molecule has 0 aromatic heterocycles. The molecule has 0 unspecified atom stereocenters. The fourth-order valence-corrected chi connectivity index (χ4v) is 1.73. The van der Waals surface area contributed by atoms with Crippen molar-refractivity contribution in [2.75, 3.05) is 18.5 Å². The van der Waals surface area contributed by atoms with Crippen molar-refractivity contribution in [1.82, 2.24) is 5.32 Å². The van der Waals surface area contributed by atoms with Gasteiger partial charge in [0.1, 0.15) is 17.7 Å². The van der Waals surface area contributed by atoms with Crippen molar-refractivity contribution in [3.05, 3.63) is 29.8 Å². The molecule has 0 bridgehead atoms. The van der Waals surface area contributed by atoms with Crippen molar-refractivity contribution >= 4 is 17.5 Å². The molecule has 0 aliphatic rings. The van der Waals surface area contributed by atoms with Crippen LogP contribution >= 0.6 is 0 Å². The molecule has 0 aliphatic heterocycles. The van der Waals surface area contributed by atoms with Gasteiger partial charge in [0.05, 0.1) is 18.2 Å². The highest BCUT2D eigenvalue weighted by Crippen LogP contribution is 2.20. The van der Waals surface area contributed by atoms with Gasteiger partial charge < -0.3 is 20.8 Å². The first-order chi connectivity index (χ1) is 11.1. The normalized spacial score (nSPS) is 14.0. The number of amides is 2. The van der Waals surface area contributed by atoms with E-state index in [1.54, 1.807) is 0 Å². The summed E-state index contributed by atoms with van der Waals surface area (Å²) in [6.45, 7) is 4.01. The fraction of sp³-hybridized carbons (Fsp3) is 0.500. The molecule has 24 heavy (non-hydrogen) atoms. The van der Waals surface area contributed by atoms with E-state index in [1.807, 2.05) is 0 Å². The lowest BCUT2D eigenvalue weighted by atomic mass is 9.87. The highest BCUT2D eigenvalue weighted by molar-refractivity contribution is 5.93. The molecule has 0 radical (unpaired) electrons. The predicted molar refractivity (Wildman–Crippen MR) is 84.0 cm³/mol. The largest absolute Gasteiger partial charge is 0.396 e. The molecule has 0 aliphatic carbocycles. The van der Waals surface area contributed by atoms with E-state index < -0.39 is 47.5 Å². The Morgan fingerprint density at radius 2 is 1.88 bits per heavy atom. The molecule has 2 amide bonds. The molecule has 0 saturated carbocycles. The minimum Gasteiger partial charge on any atom is -0.396 e. The standard InChI is InChI=1S/C16H22F2N2O4/c1-9(7-19-15(24)13(22)16(2,3)8-21)14(23)20-12-6-10(17)4-5-11(12)18/h4-6,9,13,21-22H,7-8H2,1-3H3,(H,19,24)(H,20,23)/t9-,13-/m0/s1. The molecule has 0 saturated heterocycles. The van der Waals surface area contributed by atoms with E-state index in [2.05, 4.69) is 10.6 Å². The van der Waals surface area contributed by atoms with Gasteiger partial charge in [-0.05, 0) is 12.1 Å². The van der Waals surface area contributed by atoms with Gasteiger partial charge in [-0.1, -0.05) is 20.8 Å². The van der Waals surface area contributed by atoms with Crippen LogP contribution in [0.25, 0.3) is 0 Å². The monoisotopic (exact) mass is 344 g/mol. The topological polar surface area (TPSA) is 98.7 Å². The van der Waals surface area contributed by atoms with Crippen molar-refractivity contribution < 1.29 is 28.6 Å². The lowest BCUT2D eigenvalue weighted by molar-refractivity contribution is -0.137. The van der Waals surface area contributed by atoms with Crippen LogP contribution in [0.4, 0.5) is 14.5 Å². The van der Waals surface area contributed by atoms with Crippen molar-refractivity contribution in [2.24, 2.45) is 11.3 Å². The Balaban J connectivity index is 2.59. The van der Waals surface area contributed by atoms with Crippen molar-refractivity contribution in [3.8, 4) is 0 Å². The van der Waals surface area contributed by atoms with E-state index >= 15 is 0 Å². The molecule has 6 nitrogen and oxygen atoms in total. The molecule has 8 heteroatoms. The van der Waals surface area contributed by atoms with Gasteiger partial charge in [-0.3, -0.25) is 9.59 Å². The van der Waals surface area contributed by atoms with Gasteiger partial charge in [0, 0.05) is 18.0 Å². The third kappa shape index (κ3) is 5.24. The number of aliphatic hydroxyl groups is 2. The minimum atomic E-state index is -1.45. The van der Waals surface area contributed by atoms with E-state index in [1.165, 1.54) is 20.8 Å². The number of hydrogen-bond acceptors (Lipinski definition) is 4. The molecule has 1 rings (SSSR count). The van der Waals surface area contributed by atoms with Crippen LogP contribution in [0.5, 0.6) is 0 Å². The lowest BCUT2D eigenvalue weighted by Gasteiger charge is -2.27. The average molecular weight is 344 g/mol. The lowest BCUT2D eigenvalue weighted by Crippen LogP contribution is -2.47. The van der Waals surface area contributed by atoms with Crippen LogP contribution in [0.2, 0.25) is 0 Å². The fourth-order valence-electron chi connectivity index (χ4n) is 1.73. The van der Waals surface area contributed by atoms with E-state index in [0.29, 0.717) is 0 Å². The number of carbonyl (C=O) groups is 2. The molecule has 134 valence electrons. The predicted octanol–water partition coefficient (Wildman–Crippen LogP) is 1.03. The first-order valence-electron chi connectivity index (χ1n) is 7.41. The maximum atomic E-state index is 13.5. The summed E-state index contributed by atoms with van der Waals surface area (Å²) in [5, 5.41) is 23.6. The second-order valence-electron chi connectivity index (χ2n) is 6.31. The summed E-state index contributed by atoms with van der Waals surface area (Å²) in [5.74, 6) is -3.56. The second-order valence-corrected chi connectivity index (χ2v) is 6.31. The third-order valence-electron chi connectivity index (χ3n) is 3.61. The Hall–Kier alpha value is -2.06. The molecule has 1 aromatic carbocycles. The number of aliphatic hydroxyl groups excluding tert-OH is 2. The SMILES string of the molecule is C[C@@H](CNC(=O)[C@H](O)C(C)(C)CO)C(=O)Nc1cc(F)ccc1F. The zero-order valence-corrected chi connectivity index (χ0v) is 13.8. The van der Waals surface area contributed by atoms with Crippen LogP contribution in [0, 0.1) is 23.0 Å². The number of carbonyl (C=O) groups excluding carboxylic acids is 2. The molecule has 0 fully saturated rings. The first kappa shape index (κ1) is 20.0. The number of benzene rings is 1. The van der Waals surface area contributed by atoms with Gasteiger partial charge in [-0.15, -0.1) is 0 Å². The number of rotatable bonds is 7. The van der Waals surface area contributed by atoms with Crippen LogP contribution in [0.1, 0.15) is 20.8 Å². The van der Waals surface area contributed by atoms with Crippen LogP contribution < -0.4 is 10.6 Å². The van der Waals surface area contributed by atoms with Gasteiger partial charge in [0.2, 0.25) is 11.8 Å². The zero-order valence-electron chi connectivity index (χ0n) is 13.8. The summed E-state index contributed by atoms with van der Waals surface area (Å²) in [4.78, 5) is 23.8. The van der Waals surface area contributed by atoms with Crippen LogP contribution in [0.3, 0.4) is 0 Å². The highest BCUT2D eigenvalue weighted by Gasteiger charge is 2.33. The summed E-state index contributed by atoms with van der Waals surface area (Å²) in [6, 6.07) is 2.68. The molecular weight excluding hydrogens is 322 g/mol. The molecule has 0 spiro atoms. The van der Waals surface area contributed by atoms with E-state index in [4.69, 9.17) is 5.11 Å². The number of anilines is 1. The van der Waals surface area contributed by atoms with Crippen LogP contribution in [-0.2, 0) is 9.59 Å². The van der Waals surface area contributed by atoms with Gasteiger partial charge in [0.25, 0.3) is 0 Å². The number of nitrogens with one attached hydrogen (secondary N) is 2. The smallest absolute Gasteiger partial charge is 0.249 e. The average Bonchev–Trinajstić information content (AvgIpc) is 2.54. The maximum Gasteiger partial charge on any atom is 0.249 e. The Morgan fingerprint density at radius 3 is 2.46 bits per heavy atom. The Kier molecular flexibility index (Phi) is 6.80. The van der Waals surface area contributed by atoms with E-state index in [-0.39, 0.29) is 12.2 Å². The van der Waals surface area contributed by atoms with Crippen LogP contribution in [-0.4, -0.2) is 41.3 Å². The van der Waals surface area contributed by atoms with Gasteiger partial charge >= 0.3 is 0 Å². The summed E-state index contributed by atoms with van der Waals surface area (Å²) in [7, 11) is 0. The van der Waals surface area contributed by atoms with Crippen molar-refractivity contribution in [3.63, 3.8) is 0 Å². The van der Waals surface area contributed by atoms with E-state index in [0.717, 1.165) is 18.2 Å². The van der Waals surface area contributed by atoms with Gasteiger partial charge in [-0.2, -0.15) is 0 Å². The molecule has 0 heterocycles. The van der Waals surface area contributed by atoms with E-state index in [9.17, 15) is 23.5 Å². The molecule has 4 N–H and O–H groups in total. The summed E-state index contributed by atoms with van der Waals surface area (Å²) in [5.41, 5.74) is -1.32. The van der Waals surface area contributed by atoms with Crippen molar-refractivity contribution in [1.29, 1.82) is 0 Å². The Morgan fingerprint density at radius 1 is 1.25 bits per heavy atom.